The summed E-state index contributed by atoms with van der Waals surface area (Å²) in [6.45, 7) is 0. The maximum atomic E-state index is 12.7. The van der Waals surface area contributed by atoms with Gasteiger partial charge in [-0.1, -0.05) is 0 Å². The lowest BCUT2D eigenvalue weighted by molar-refractivity contribution is -0.387. The van der Waals surface area contributed by atoms with Gasteiger partial charge in [-0.05, 0) is 12.1 Å². The minimum Gasteiger partial charge on any atom is -0.391 e. The van der Waals surface area contributed by atoms with Gasteiger partial charge in [0.1, 0.15) is 11.3 Å². The van der Waals surface area contributed by atoms with Gasteiger partial charge in [0.2, 0.25) is 0 Å². The maximum absolute atomic E-state index is 12.7. The van der Waals surface area contributed by atoms with E-state index in [0.29, 0.717) is 6.07 Å². The van der Waals surface area contributed by atoms with Crippen LogP contribution in [0.1, 0.15) is 5.56 Å². The molecular weight excluding hydrogens is 220 g/mol. The van der Waals surface area contributed by atoms with Crippen LogP contribution in [0.2, 0.25) is 0 Å². The highest BCUT2D eigenvalue weighted by atomic mass is 19.4. The van der Waals surface area contributed by atoms with Crippen molar-refractivity contribution in [3.8, 4) is 0 Å². The number of nitrogens with zero attached hydrogens (tertiary/aromatic N) is 1. The van der Waals surface area contributed by atoms with E-state index in [1.165, 1.54) is 0 Å². The molecule has 8 heteroatoms. The quantitative estimate of drug-likeness (QED) is 0.344. The van der Waals surface area contributed by atoms with Crippen molar-refractivity contribution in [2.75, 3.05) is 5.73 Å². The van der Waals surface area contributed by atoms with Gasteiger partial charge in [0, 0.05) is 0 Å². The highest BCUT2D eigenvalue weighted by Gasteiger charge is 2.40. The fourth-order valence-electron chi connectivity index (χ4n) is 1.01. The van der Waals surface area contributed by atoms with Gasteiger partial charge in [-0.3, -0.25) is 10.1 Å². The van der Waals surface area contributed by atoms with Crippen molar-refractivity contribution in [3.05, 3.63) is 33.6 Å². The SMILES string of the molecule is Nc1c(F)ccc(C(F)(F)F)c1[N+](=O)[O-]. The number of rotatable bonds is 1. The van der Waals surface area contributed by atoms with E-state index in [2.05, 4.69) is 0 Å². The van der Waals surface area contributed by atoms with Crippen molar-refractivity contribution in [1.82, 2.24) is 0 Å². The van der Waals surface area contributed by atoms with Gasteiger partial charge >= 0.3 is 11.9 Å². The fraction of sp³-hybridized carbons (Fsp3) is 0.143. The number of nitrogen functional groups attached to an aromatic ring is 1. The first-order valence-corrected chi connectivity index (χ1v) is 3.54. The van der Waals surface area contributed by atoms with Gasteiger partial charge in [0.25, 0.3) is 0 Å². The number of benzene rings is 1. The van der Waals surface area contributed by atoms with E-state index in [1.54, 1.807) is 0 Å². The van der Waals surface area contributed by atoms with E-state index < -0.39 is 33.9 Å². The van der Waals surface area contributed by atoms with Gasteiger partial charge in [-0.25, -0.2) is 4.39 Å². The van der Waals surface area contributed by atoms with Crippen molar-refractivity contribution in [3.63, 3.8) is 0 Å². The third kappa shape index (κ3) is 1.97. The Hall–Kier alpha value is -1.86. The van der Waals surface area contributed by atoms with Crippen LogP contribution in [0.3, 0.4) is 0 Å². The Morgan fingerprint density at radius 2 is 1.87 bits per heavy atom. The molecule has 82 valence electrons. The Morgan fingerprint density at radius 1 is 1.33 bits per heavy atom. The second kappa shape index (κ2) is 3.37. The third-order valence-corrected chi connectivity index (χ3v) is 1.65. The lowest BCUT2D eigenvalue weighted by Crippen LogP contribution is -2.11. The Bertz CT molecular complexity index is 416. The van der Waals surface area contributed by atoms with Crippen molar-refractivity contribution < 1.29 is 22.5 Å². The van der Waals surface area contributed by atoms with Crippen molar-refractivity contribution in [1.29, 1.82) is 0 Å². The summed E-state index contributed by atoms with van der Waals surface area (Å²) >= 11 is 0. The van der Waals surface area contributed by atoms with Crippen molar-refractivity contribution in [2.24, 2.45) is 0 Å². The first-order valence-electron chi connectivity index (χ1n) is 3.54. The number of hydrogen-bond acceptors (Lipinski definition) is 3. The number of nitro benzene ring substituents is 1. The van der Waals surface area contributed by atoms with Gasteiger partial charge < -0.3 is 5.73 Å². The molecule has 1 aromatic carbocycles. The molecule has 0 heterocycles. The summed E-state index contributed by atoms with van der Waals surface area (Å²) in [5.74, 6) is -1.25. The molecule has 0 aliphatic rings. The molecule has 0 unspecified atom stereocenters. The monoisotopic (exact) mass is 224 g/mol. The molecule has 0 atom stereocenters. The molecule has 0 aliphatic carbocycles. The molecule has 0 spiro atoms. The summed E-state index contributed by atoms with van der Waals surface area (Å²) < 4.78 is 49.4. The molecule has 0 radical (unpaired) electrons. The molecule has 1 aromatic rings. The molecule has 1 rings (SSSR count). The molecule has 4 nitrogen and oxygen atoms in total. The summed E-state index contributed by atoms with van der Waals surface area (Å²) in [5, 5.41) is 10.3. The van der Waals surface area contributed by atoms with Crippen LogP contribution in [0.15, 0.2) is 12.1 Å². The van der Waals surface area contributed by atoms with Gasteiger partial charge in [-0.2, -0.15) is 13.2 Å². The third-order valence-electron chi connectivity index (χ3n) is 1.65. The highest BCUT2D eigenvalue weighted by molar-refractivity contribution is 5.64. The number of hydrogen-bond donors (Lipinski definition) is 1. The normalized spacial score (nSPS) is 11.5. The second-order valence-electron chi connectivity index (χ2n) is 2.61. The summed E-state index contributed by atoms with van der Waals surface area (Å²) in [6.07, 6.45) is -4.94. The van der Waals surface area contributed by atoms with Crippen LogP contribution >= 0.6 is 0 Å². The van der Waals surface area contributed by atoms with Crippen LogP contribution in [-0.4, -0.2) is 4.92 Å². The van der Waals surface area contributed by atoms with E-state index in [-0.39, 0.29) is 6.07 Å². The predicted octanol–water partition coefficient (Wildman–Crippen LogP) is 2.33. The lowest BCUT2D eigenvalue weighted by atomic mass is 10.1. The molecule has 0 bridgehead atoms. The standard InChI is InChI=1S/C7H4F4N2O2/c8-4-2-1-3(7(9,10)11)6(5(4)12)13(14)15/h1-2H,12H2. The van der Waals surface area contributed by atoms with E-state index in [1.807, 2.05) is 0 Å². The molecule has 0 amide bonds. The molecule has 15 heavy (non-hydrogen) atoms. The molecule has 0 aromatic heterocycles. The molecule has 0 saturated heterocycles. The topological polar surface area (TPSA) is 69.2 Å². The van der Waals surface area contributed by atoms with Gasteiger partial charge in [0.15, 0.2) is 5.82 Å². The Kier molecular flexibility index (Phi) is 2.52. The van der Waals surface area contributed by atoms with Crippen LogP contribution < -0.4 is 5.73 Å². The Balaban J connectivity index is 3.55. The smallest absolute Gasteiger partial charge is 0.391 e. The van der Waals surface area contributed by atoms with Gasteiger partial charge in [0.05, 0.1) is 4.92 Å². The summed E-state index contributed by atoms with van der Waals surface area (Å²) in [6, 6.07) is 0.717. The predicted molar refractivity (Wildman–Crippen MR) is 42.5 cm³/mol. The Morgan fingerprint density at radius 3 is 2.27 bits per heavy atom. The van der Waals surface area contributed by atoms with E-state index in [4.69, 9.17) is 5.73 Å². The van der Waals surface area contributed by atoms with E-state index >= 15 is 0 Å². The zero-order valence-electron chi connectivity index (χ0n) is 7.01. The van der Waals surface area contributed by atoms with E-state index in [0.717, 1.165) is 0 Å². The maximum Gasteiger partial charge on any atom is 0.423 e. The second-order valence-corrected chi connectivity index (χ2v) is 2.61. The first-order chi connectivity index (χ1) is 6.75. The number of alkyl halides is 3. The summed E-state index contributed by atoms with van der Waals surface area (Å²) in [4.78, 5) is 8.94. The molecule has 2 N–H and O–H groups in total. The summed E-state index contributed by atoms with van der Waals surface area (Å²) in [5.41, 5.74) is 0.729. The fourth-order valence-corrected chi connectivity index (χ4v) is 1.01. The van der Waals surface area contributed by atoms with E-state index in [9.17, 15) is 27.7 Å². The molecule has 0 fully saturated rings. The number of nitrogens with two attached hydrogens (primary N) is 1. The van der Waals surface area contributed by atoms with Crippen LogP contribution in [0, 0.1) is 15.9 Å². The first kappa shape index (κ1) is 11.2. The largest absolute Gasteiger partial charge is 0.423 e. The van der Waals surface area contributed by atoms with Crippen LogP contribution in [-0.2, 0) is 6.18 Å². The van der Waals surface area contributed by atoms with Crippen molar-refractivity contribution in [2.45, 2.75) is 6.18 Å². The van der Waals surface area contributed by atoms with Crippen LogP contribution in [0.5, 0.6) is 0 Å². The number of halogens is 4. The molecule has 0 saturated carbocycles. The van der Waals surface area contributed by atoms with Crippen LogP contribution in [0.4, 0.5) is 28.9 Å². The van der Waals surface area contributed by atoms with Crippen molar-refractivity contribution >= 4 is 11.4 Å². The zero-order valence-corrected chi connectivity index (χ0v) is 7.01. The average molecular weight is 224 g/mol. The molecular formula is C7H4F4N2O2. The number of anilines is 1. The highest BCUT2D eigenvalue weighted by Crippen LogP contribution is 2.39. The Labute approximate surface area is 80.5 Å². The minimum absolute atomic E-state index is 0.282. The number of nitro groups is 1. The summed E-state index contributed by atoms with van der Waals surface area (Å²) in [7, 11) is 0. The average Bonchev–Trinajstić information content (AvgIpc) is 2.06. The van der Waals surface area contributed by atoms with Crippen LogP contribution in [0.25, 0.3) is 0 Å². The minimum atomic E-state index is -4.94. The lowest BCUT2D eigenvalue weighted by Gasteiger charge is -2.08. The zero-order chi connectivity index (χ0) is 11.8. The molecule has 0 aliphatic heterocycles. The van der Waals surface area contributed by atoms with Gasteiger partial charge in [-0.15, -0.1) is 0 Å².